The molecule has 0 aliphatic carbocycles. The van der Waals surface area contributed by atoms with Crippen molar-refractivity contribution >= 4 is 29.1 Å². The Bertz CT molecular complexity index is 579. The zero-order chi connectivity index (χ0) is 16.2. The summed E-state index contributed by atoms with van der Waals surface area (Å²) in [5.41, 5.74) is 0.709. The predicted molar refractivity (Wildman–Crippen MR) is 88.4 cm³/mol. The standard InChI is InChI=1S/C17H21ClN2O3/c18-13-3-1-4-14(11-13)19-16(21)12-6-8-20(9-7-12)17(22)15-5-2-10-23-15/h1,3-4,11-12,15H,2,5-10H2,(H,19,21). The highest BCUT2D eigenvalue weighted by molar-refractivity contribution is 6.30. The summed E-state index contributed by atoms with van der Waals surface area (Å²) in [6.07, 6.45) is 2.87. The fourth-order valence-corrected chi connectivity index (χ4v) is 3.34. The molecule has 1 unspecified atom stereocenters. The highest BCUT2D eigenvalue weighted by Crippen LogP contribution is 2.23. The molecule has 2 aliphatic heterocycles. The van der Waals surface area contributed by atoms with Crippen molar-refractivity contribution in [3.05, 3.63) is 29.3 Å². The Morgan fingerprint density at radius 1 is 1.22 bits per heavy atom. The van der Waals surface area contributed by atoms with Gasteiger partial charge in [-0.2, -0.15) is 0 Å². The van der Waals surface area contributed by atoms with Crippen LogP contribution in [0.25, 0.3) is 0 Å². The van der Waals surface area contributed by atoms with Crippen molar-refractivity contribution in [1.82, 2.24) is 4.90 Å². The van der Waals surface area contributed by atoms with Gasteiger partial charge in [-0.15, -0.1) is 0 Å². The van der Waals surface area contributed by atoms with Gasteiger partial charge in [-0.05, 0) is 43.9 Å². The van der Waals surface area contributed by atoms with Crippen LogP contribution < -0.4 is 5.32 Å². The third-order valence-corrected chi connectivity index (χ3v) is 4.71. The molecular formula is C17H21ClN2O3. The van der Waals surface area contributed by atoms with E-state index in [0.717, 1.165) is 12.8 Å². The van der Waals surface area contributed by atoms with Crippen molar-refractivity contribution in [2.75, 3.05) is 25.0 Å². The summed E-state index contributed by atoms with van der Waals surface area (Å²) in [7, 11) is 0. The first-order valence-electron chi connectivity index (χ1n) is 8.10. The topological polar surface area (TPSA) is 58.6 Å². The molecular weight excluding hydrogens is 316 g/mol. The smallest absolute Gasteiger partial charge is 0.251 e. The lowest BCUT2D eigenvalue weighted by atomic mass is 9.95. The maximum Gasteiger partial charge on any atom is 0.251 e. The molecule has 0 radical (unpaired) electrons. The van der Waals surface area contributed by atoms with Crippen molar-refractivity contribution in [3.63, 3.8) is 0 Å². The van der Waals surface area contributed by atoms with Crippen LogP contribution >= 0.6 is 11.6 Å². The molecule has 1 N–H and O–H groups in total. The summed E-state index contributed by atoms with van der Waals surface area (Å²) < 4.78 is 5.45. The minimum Gasteiger partial charge on any atom is -0.368 e. The second-order valence-electron chi connectivity index (χ2n) is 6.10. The van der Waals surface area contributed by atoms with Gasteiger partial charge in [0.05, 0.1) is 0 Å². The van der Waals surface area contributed by atoms with Crippen molar-refractivity contribution in [2.24, 2.45) is 5.92 Å². The molecule has 2 amide bonds. The zero-order valence-corrected chi connectivity index (χ0v) is 13.7. The minimum absolute atomic E-state index is 0.00326. The largest absolute Gasteiger partial charge is 0.368 e. The zero-order valence-electron chi connectivity index (χ0n) is 13.0. The number of nitrogens with one attached hydrogen (secondary N) is 1. The van der Waals surface area contributed by atoms with E-state index in [0.29, 0.717) is 43.2 Å². The Hall–Kier alpha value is -1.59. The number of likely N-dealkylation sites (tertiary alicyclic amines) is 1. The number of benzene rings is 1. The van der Waals surface area contributed by atoms with Crippen molar-refractivity contribution in [1.29, 1.82) is 0 Å². The predicted octanol–water partition coefficient (Wildman–Crippen LogP) is 2.70. The summed E-state index contributed by atoms with van der Waals surface area (Å²) in [5, 5.41) is 3.50. The van der Waals surface area contributed by atoms with Gasteiger partial charge in [0.2, 0.25) is 5.91 Å². The number of hydrogen-bond donors (Lipinski definition) is 1. The molecule has 3 rings (SSSR count). The Morgan fingerprint density at radius 3 is 2.65 bits per heavy atom. The lowest BCUT2D eigenvalue weighted by Crippen LogP contribution is -2.45. The van der Waals surface area contributed by atoms with Gasteiger partial charge in [0.15, 0.2) is 0 Å². The second-order valence-corrected chi connectivity index (χ2v) is 6.54. The maximum absolute atomic E-state index is 12.3. The third kappa shape index (κ3) is 4.03. The fraction of sp³-hybridized carbons (Fsp3) is 0.529. The molecule has 2 heterocycles. The molecule has 2 fully saturated rings. The Labute approximate surface area is 140 Å². The minimum atomic E-state index is -0.271. The van der Waals surface area contributed by atoms with Crippen LogP contribution in [-0.4, -0.2) is 42.5 Å². The van der Waals surface area contributed by atoms with E-state index >= 15 is 0 Å². The van der Waals surface area contributed by atoms with Crippen LogP contribution in [0.3, 0.4) is 0 Å². The van der Waals surface area contributed by atoms with E-state index in [1.807, 2.05) is 11.0 Å². The number of amides is 2. The van der Waals surface area contributed by atoms with Crippen LogP contribution in [0.15, 0.2) is 24.3 Å². The van der Waals surface area contributed by atoms with Gasteiger partial charge in [0, 0.05) is 36.3 Å². The number of anilines is 1. The molecule has 0 saturated carbocycles. The molecule has 2 aliphatic rings. The van der Waals surface area contributed by atoms with Crippen LogP contribution in [0, 0.1) is 5.92 Å². The van der Waals surface area contributed by atoms with Gasteiger partial charge < -0.3 is 15.0 Å². The monoisotopic (exact) mass is 336 g/mol. The van der Waals surface area contributed by atoms with E-state index < -0.39 is 0 Å². The molecule has 6 heteroatoms. The van der Waals surface area contributed by atoms with Gasteiger partial charge in [0.1, 0.15) is 6.10 Å². The van der Waals surface area contributed by atoms with Crippen LogP contribution in [0.4, 0.5) is 5.69 Å². The first-order valence-corrected chi connectivity index (χ1v) is 8.48. The number of carbonyl (C=O) groups is 2. The molecule has 0 spiro atoms. The second kappa shape index (κ2) is 7.32. The SMILES string of the molecule is O=C(Nc1cccc(Cl)c1)C1CCN(C(=O)C2CCCO2)CC1. The lowest BCUT2D eigenvalue weighted by Gasteiger charge is -2.32. The normalized spacial score (nSPS) is 22.1. The number of halogens is 1. The van der Waals surface area contributed by atoms with E-state index in [1.54, 1.807) is 18.2 Å². The molecule has 23 heavy (non-hydrogen) atoms. The average molecular weight is 337 g/mol. The number of carbonyl (C=O) groups excluding carboxylic acids is 2. The fourth-order valence-electron chi connectivity index (χ4n) is 3.15. The summed E-state index contributed by atoms with van der Waals surface area (Å²) in [6.45, 7) is 1.91. The molecule has 1 aromatic carbocycles. The molecule has 124 valence electrons. The summed E-state index contributed by atoms with van der Waals surface area (Å²) in [5.74, 6) is 0.00945. The molecule has 0 bridgehead atoms. The molecule has 2 saturated heterocycles. The van der Waals surface area contributed by atoms with Crippen molar-refractivity contribution < 1.29 is 14.3 Å². The van der Waals surface area contributed by atoms with E-state index in [-0.39, 0.29) is 23.8 Å². The van der Waals surface area contributed by atoms with E-state index in [1.165, 1.54) is 0 Å². The van der Waals surface area contributed by atoms with Crippen LogP contribution in [0.2, 0.25) is 5.02 Å². The first-order chi connectivity index (χ1) is 11.1. The highest BCUT2D eigenvalue weighted by Gasteiger charge is 2.32. The lowest BCUT2D eigenvalue weighted by molar-refractivity contribution is -0.143. The molecule has 5 nitrogen and oxygen atoms in total. The Morgan fingerprint density at radius 2 is 2.00 bits per heavy atom. The summed E-state index contributed by atoms with van der Waals surface area (Å²) in [4.78, 5) is 26.5. The number of rotatable bonds is 3. The molecule has 0 aromatic heterocycles. The van der Waals surface area contributed by atoms with E-state index in [9.17, 15) is 9.59 Å². The van der Waals surface area contributed by atoms with Gasteiger partial charge in [-0.3, -0.25) is 9.59 Å². The molecule has 1 aromatic rings. The van der Waals surface area contributed by atoms with Gasteiger partial charge in [-0.1, -0.05) is 17.7 Å². The third-order valence-electron chi connectivity index (χ3n) is 4.47. The Balaban J connectivity index is 1.50. The van der Waals surface area contributed by atoms with Crippen LogP contribution in [-0.2, 0) is 14.3 Å². The number of piperidine rings is 1. The van der Waals surface area contributed by atoms with Crippen molar-refractivity contribution in [2.45, 2.75) is 31.8 Å². The number of ether oxygens (including phenoxy) is 1. The van der Waals surface area contributed by atoms with E-state index in [4.69, 9.17) is 16.3 Å². The van der Waals surface area contributed by atoms with Crippen molar-refractivity contribution in [3.8, 4) is 0 Å². The van der Waals surface area contributed by atoms with Gasteiger partial charge >= 0.3 is 0 Å². The summed E-state index contributed by atoms with van der Waals surface area (Å²) in [6, 6.07) is 7.13. The maximum atomic E-state index is 12.3. The number of hydrogen-bond acceptors (Lipinski definition) is 3. The van der Waals surface area contributed by atoms with Crippen LogP contribution in [0.5, 0.6) is 0 Å². The molecule has 1 atom stereocenters. The quantitative estimate of drug-likeness (QED) is 0.923. The average Bonchev–Trinajstić information content (AvgIpc) is 3.09. The number of nitrogens with zero attached hydrogens (tertiary/aromatic N) is 1. The van der Waals surface area contributed by atoms with Gasteiger partial charge in [0.25, 0.3) is 5.91 Å². The summed E-state index contributed by atoms with van der Waals surface area (Å²) >= 11 is 5.92. The van der Waals surface area contributed by atoms with Crippen LogP contribution in [0.1, 0.15) is 25.7 Å². The van der Waals surface area contributed by atoms with Gasteiger partial charge in [-0.25, -0.2) is 0 Å². The Kier molecular flexibility index (Phi) is 5.18. The van der Waals surface area contributed by atoms with E-state index in [2.05, 4.69) is 5.32 Å². The highest BCUT2D eigenvalue weighted by atomic mass is 35.5. The first kappa shape index (κ1) is 16.3.